The average Bonchev–Trinajstić information content (AvgIpc) is 3.07. The predicted octanol–water partition coefficient (Wildman–Crippen LogP) is 3.48. The van der Waals surface area contributed by atoms with Gasteiger partial charge in [0.1, 0.15) is 5.75 Å². The maximum Gasteiger partial charge on any atom is 0.251 e. The summed E-state index contributed by atoms with van der Waals surface area (Å²) in [6.07, 6.45) is 0. The molecule has 0 aliphatic heterocycles. The Morgan fingerprint density at radius 1 is 1.11 bits per heavy atom. The summed E-state index contributed by atoms with van der Waals surface area (Å²) in [7, 11) is 1.90. The lowest BCUT2D eigenvalue weighted by atomic mass is 10.2. The number of ether oxygens (including phenoxy) is 1. The van der Waals surface area contributed by atoms with E-state index >= 15 is 0 Å². The number of amides is 1. The van der Waals surface area contributed by atoms with Crippen LogP contribution in [0.4, 0.5) is 0 Å². The van der Waals surface area contributed by atoms with Gasteiger partial charge in [-0.05, 0) is 31.2 Å². The van der Waals surface area contributed by atoms with E-state index in [9.17, 15) is 4.79 Å². The largest absolute Gasteiger partial charge is 0.493 e. The molecule has 0 fully saturated rings. The molecule has 0 aliphatic rings. The number of thioether (sulfide) groups is 1. The Kier molecular flexibility index (Phi) is 6.49. The first-order valence-electron chi connectivity index (χ1n) is 8.71. The van der Waals surface area contributed by atoms with Crippen LogP contribution >= 0.6 is 11.8 Å². The van der Waals surface area contributed by atoms with Gasteiger partial charge in [-0.25, -0.2) is 0 Å². The highest BCUT2D eigenvalue weighted by Crippen LogP contribution is 2.19. The van der Waals surface area contributed by atoms with Gasteiger partial charge in [0.05, 0.1) is 12.6 Å². The molecule has 0 spiro atoms. The molecule has 1 N–H and O–H groups in total. The summed E-state index contributed by atoms with van der Waals surface area (Å²) in [5.41, 5.74) is 0.624. The van der Waals surface area contributed by atoms with Gasteiger partial charge in [-0.1, -0.05) is 48.2 Å². The van der Waals surface area contributed by atoms with Crippen molar-refractivity contribution in [1.29, 1.82) is 0 Å². The van der Waals surface area contributed by atoms with Gasteiger partial charge in [0, 0.05) is 18.4 Å². The SMILES string of the molecule is C[C@H](NC(=O)c1ccccc1)c1nnc(SCCOc2ccccc2)n1C. The molecular weight excluding hydrogens is 360 g/mol. The van der Waals surface area contributed by atoms with Gasteiger partial charge in [0.2, 0.25) is 0 Å². The summed E-state index contributed by atoms with van der Waals surface area (Å²) in [6, 6.07) is 18.6. The number of nitrogens with zero attached hydrogens (tertiary/aromatic N) is 3. The Bertz CT molecular complexity index is 868. The highest BCUT2D eigenvalue weighted by atomic mass is 32.2. The van der Waals surface area contributed by atoms with Gasteiger partial charge in [-0.15, -0.1) is 10.2 Å². The molecule has 2 aromatic carbocycles. The molecule has 27 heavy (non-hydrogen) atoms. The molecule has 0 unspecified atom stereocenters. The Morgan fingerprint density at radius 2 is 1.78 bits per heavy atom. The molecular formula is C20H22N4O2S. The molecule has 1 atom stereocenters. The third-order valence-electron chi connectivity index (χ3n) is 3.97. The van der Waals surface area contributed by atoms with Gasteiger partial charge < -0.3 is 14.6 Å². The van der Waals surface area contributed by atoms with E-state index in [4.69, 9.17) is 4.74 Å². The summed E-state index contributed by atoms with van der Waals surface area (Å²) in [5.74, 6) is 2.20. The van der Waals surface area contributed by atoms with Crippen LogP contribution in [0.25, 0.3) is 0 Å². The summed E-state index contributed by atoms with van der Waals surface area (Å²) < 4.78 is 7.59. The van der Waals surface area contributed by atoms with E-state index in [1.807, 2.05) is 67.1 Å². The van der Waals surface area contributed by atoms with Gasteiger partial charge in [-0.3, -0.25) is 4.79 Å². The van der Waals surface area contributed by atoms with Crippen LogP contribution in [0, 0.1) is 0 Å². The number of carbonyl (C=O) groups excluding carboxylic acids is 1. The number of rotatable bonds is 8. The molecule has 140 valence electrons. The third-order valence-corrected chi connectivity index (χ3v) is 4.95. The molecule has 7 heteroatoms. The monoisotopic (exact) mass is 382 g/mol. The number of para-hydroxylation sites is 1. The van der Waals surface area contributed by atoms with Gasteiger partial charge in [0.25, 0.3) is 5.91 Å². The summed E-state index contributed by atoms with van der Waals surface area (Å²) in [5, 5.41) is 12.2. The zero-order valence-electron chi connectivity index (χ0n) is 15.3. The first-order valence-corrected chi connectivity index (χ1v) is 9.69. The number of hydrogen-bond donors (Lipinski definition) is 1. The first kappa shape index (κ1) is 19.0. The number of aromatic nitrogens is 3. The van der Waals surface area contributed by atoms with E-state index in [1.165, 1.54) is 0 Å². The Morgan fingerprint density at radius 3 is 2.48 bits per heavy atom. The van der Waals surface area contributed by atoms with Crippen LogP contribution in [-0.2, 0) is 7.05 Å². The lowest BCUT2D eigenvalue weighted by Crippen LogP contribution is -2.28. The molecule has 1 amide bonds. The van der Waals surface area contributed by atoms with Crippen molar-refractivity contribution in [2.24, 2.45) is 7.05 Å². The van der Waals surface area contributed by atoms with E-state index in [1.54, 1.807) is 23.9 Å². The van der Waals surface area contributed by atoms with Crippen molar-refractivity contribution in [2.75, 3.05) is 12.4 Å². The number of benzene rings is 2. The fourth-order valence-corrected chi connectivity index (χ4v) is 3.31. The normalized spacial score (nSPS) is 11.8. The third kappa shape index (κ3) is 5.10. The van der Waals surface area contributed by atoms with Crippen LogP contribution in [0.2, 0.25) is 0 Å². The van der Waals surface area contributed by atoms with Gasteiger partial charge in [-0.2, -0.15) is 0 Å². The summed E-state index contributed by atoms with van der Waals surface area (Å²) in [4.78, 5) is 12.3. The zero-order chi connectivity index (χ0) is 19.1. The molecule has 1 heterocycles. The average molecular weight is 382 g/mol. The molecule has 0 saturated heterocycles. The maximum atomic E-state index is 12.3. The van der Waals surface area contributed by atoms with Gasteiger partial charge >= 0.3 is 0 Å². The van der Waals surface area contributed by atoms with E-state index in [0.29, 0.717) is 18.0 Å². The van der Waals surface area contributed by atoms with Crippen molar-refractivity contribution in [3.05, 3.63) is 72.1 Å². The first-order chi connectivity index (χ1) is 13.1. The Hall–Kier alpha value is -2.80. The second-order valence-corrected chi connectivity index (χ2v) is 7.03. The number of hydrogen-bond acceptors (Lipinski definition) is 5. The maximum absolute atomic E-state index is 12.3. The molecule has 6 nitrogen and oxygen atoms in total. The Labute approximate surface area is 163 Å². The van der Waals surface area contributed by atoms with Crippen molar-refractivity contribution >= 4 is 17.7 Å². The van der Waals surface area contributed by atoms with E-state index in [2.05, 4.69) is 15.5 Å². The van der Waals surface area contributed by atoms with Crippen LogP contribution in [0.3, 0.4) is 0 Å². The second kappa shape index (κ2) is 9.23. The highest BCUT2D eigenvalue weighted by Gasteiger charge is 2.18. The molecule has 0 aliphatic carbocycles. The molecule has 1 aromatic heterocycles. The molecule has 3 rings (SSSR count). The van der Waals surface area contributed by atoms with Crippen LogP contribution < -0.4 is 10.1 Å². The van der Waals surface area contributed by atoms with Crippen molar-refractivity contribution < 1.29 is 9.53 Å². The molecule has 0 bridgehead atoms. The minimum absolute atomic E-state index is 0.128. The minimum Gasteiger partial charge on any atom is -0.493 e. The summed E-state index contributed by atoms with van der Waals surface area (Å²) >= 11 is 1.57. The fourth-order valence-electron chi connectivity index (χ4n) is 2.57. The number of carbonyl (C=O) groups is 1. The standard InChI is InChI=1S/C20H22N4O2S/c1-15(21-19(25)16-9-5-3-6-10-16)18-22-23-20(24(18)2)27-14-13-26-17-11-7-4-8-12-17/h3-12,15H,13-14H2,1-2H3,(H,21,25)/t15-/m0/s1. The number of nitrogens with one attached hydrogen (secondary N) is 1. The van der Waals surface area contributed by atoms with Crippen molar-refractivity contribution in [3.8, 4) is 5.75 Å². The van der Waals surface area contributed by atoms with Crippen molar-refractivity contribution in [3.63, 3.8) is 0 Å². The second-order valence-electron chi connectivity index (χ2n) is 5.97. The smallest absolute Gasteiger partial charge is 0.251 e. The quantitative estimate of drug-likeness (QED) is 0.477. The Balaban J connectivity index is 1.52. The lowest BCUT2D eigenvalue weighted by molar-refractivity contribution is 0.0937. The van der Waals surface area contributed by atoms with Crippen LogP contribution in [-0.4, -0.2) is 33.0 Å². The van der Waals surface area contributed by atoms with E-state index in [-0.39, 0.29) is 11.9 Å². The van der Waals surface area contributed by atoms with Crippen molar-refractivity contribution in [1.82, 2.24) is 20.1 Å². The van der Waals surface area contributed by atoms with Crippen LogP contribution in [0.5, 0.6) is 5.75 Å². The zero-order valence-corrected chi connectivity index (χ0v) is 16.1. The van der Waals surface area contributed by atoms with Gasteiger partial charge in [0.15, 0.2) is 11.0 Å². The van der Waals surface area contributed by atoms with Crippen LogP contribution in [0.1, 0.15) is 29.1 Å². The van der Waals surface area contributed by atoms with Crippen LogP contribution in [0.15, 0.2) is 65.8 Å². The topological polar surface area (TPSA) is 69.0 Å². The predicted molar refractivity (Wildman–Crippen MR) is 106 cm³/mol. The highest BCUT2D eigenvalue weighted by molar-refractivity contribution is 7.99. The summed E-state index contributed by atoms with van der Waals surface area (Å²) in [6.45, 7) is 2.48. The molecule has 0 saturated carbocycles. The van der Waals surface area contributed by atoms with Crippen molar-refractivity contribution in [2.45, 2.75) is 18.1 Å². The van der Waals surface area contributed by atoms with E-state index in [0.717, 1.165) is 16.7 Å². The molecule has 0 radical (unpaired) electrons. The lowest BCUT2D eigenvalue weighted by Gasteiger charge is -2.13. The van der Waals surface area contributed by atoms with E-state index < -0.39 is 0 Å². The fraction of sp³-hybridized carbons (Fsp3) is 0.250. The minimum atomic E-state index is -0.245. The molecule has 3 aromatic rings.